The lowest BCUT2D eigenvalue weighted by Gasteiger charge is -2.24. The summed E-state index contributed by atoms with van der Waals surface area (Å²) in [6.45, 7) is 9.67. The molecule has 4 nitrogen and oxygen atoms in total. The average molecular weight is 258 g/mol. The number of rotatable bonds is 2. The molecule has 0 aromatic carbocycles. The van der Waals surface area contributed by atoms with Gasteiger partial charge in [-0.3, -0.25) is 4.68 Å². The number of H-pyrrole nitrogens is 1. The Balaban J connectivity index is 2.01. The third-order valence-corrected chi connectivity index (χ3v) is 4.32. The molecule has 0 amide bonds. The van der Waals surface area contributed by atoms with Gasteiger partial charge >= 0.3 is 0 Å². The van der Waals surface area contributed by atoms with E-state index in [-0.39, 0.29) is 0 Å². The fraction of sp³-hybridized carbons (Fsp3) is 0.600. The predicted octanol–water partition coefficient (Wildman–Crippen LogP) is 2.97. The minimum Gasteiger partial charge on any atom is -0.340 e. The molecule has 0 fully saturated rings. The summed E-state index contributed by atoms with van der Waals surface area (Å²) in [7, 11) is 0. The van der Waals surface area contributed by atoms with E-state index < -0.39 is 0 Å². The maximum atomic E-state index is 4.81. The van der Waals surface area contributed by atoms with Crippen LogP contribution in [0.1, 0.15) is 37.9 Å². The predicted molar refractivity (Wildman–Crippen MR) is 76.0 cm³/mol. The number of aromatic nitrogens is 4. The standard InChI is InChI=1S/C15H22N4/c1-5-19-14(8-11(4)18-19)15-16-12-6-9(2)10(3)7-13(12)17-15/h8-10H,5-7H2,1-4H3,(H,16,17). The Labute approximate surface area is 114 Å². The maximum absolute atomic E-state index is 4.81. The third-order valence-electron chi connectivity index (χ3n) is 4.32. The number of aryl methyl sites for hydroxylation is 2. The molecule has 0 radical (unpaired) electrons. The van der Waals surface area contributed by atoms with Gasteiger partial charge in [0.1, 0.15) is 5.69 Å². The van der Waals surface area contributed by atoms with E-state index in [0.29, 0.717) is 0 Å². The van der Waals surface area contributed by atoms with Crippen LogP contribution in [0.2, 0.25) is 0 Å². The van der Waals surface area contributed by atoms with Gasteiger partial charge < -0.3 is 4.98 Å². The van der Waals surface area contributed by atoms with Crippen molar-refractivity contribution in [3.63, 3.8) is 0 Å². The van der Waals surface area contributed by atoms with Gasteiger partial charge in [0.05, 0.1) is 11.4 Å². The second-order valence-corrected chi connectivity index (χ2v) is 5.86. The molecule has 4 heteroatoms. The van der Waals surface area contributed by atoms with Crippen LogP contribution in [-0.2, 0) is 19.4 Å². The molecule has 2 unspecified atom stereocenters. The van der Waals surface area contributed by atoms with Crippen LogP contribution in [0.4, 0.5) is 0 Å². The second-order valence-electron chi connectivity index (χ2n) is 5.86. The molecule has 102 valence electrons. The molecular weight excluding hydrogens is 236 g/mol. The van der Waals surface area contributed by atoms with E-state index >= 15 is 0 Å². The van der Waals surface area contributed by atoms with E-state index in [1.54, 1.807) is 0 Å². The largest absolute Gasteiger partial charge is 0.340 e. The van der Waals surface area contributed by atoms with Crippen molar-refractivity contribution in [3.8, 4) is 11.5 Å². The molecule has 2 aromatic heterocycles. The molecule has 0 saturated carbocycles. The van der Waals surface area contributed by atoms with E-state index in [1.807, 2.05) is 11.6 Å². The number of aromatic amines is 1. The first kappa shape index (κ1) is 12.5. The van der Waals surface area contributed by atoms with Gasteiger partial charge in [-0.15, -0.1) is 0 Å². The van der Waals surface area contributed by atoms with Crippen LogP contribution in [-0.4, -0.2) is 19.7 Å². The number of hydrogen-bond donors (Lipinski definition) is 1. The minimum absolute atomic E-state index is 0.724. The summed E-state index contributed by atoms with van der Waals surface area (Å²) < 4.78 is 2.02. The molecule has 1 N–H and O–H groups in total. The summed E-state index contributed by atoms with van der Waals surface area (Å²) in [5, 5.41) is 4.50. The molecule has 2 aromatic rings. The van der Waals surface area contributed by atoms with E-state index in [9.17, 15) is 0 Å². The number of fused-ring (bicyclic) bond motifs is 1. The molecule has 0 bridgehead atoms. The fourth-order valence-electron chi connectivity index (χ4n) is 2.91. The summed E-state index contributed by atoms with van der Waals surface area (Å²) in [6.07, 6.45) is 2.20. The van der Waals surface area contributed by atoms with E-state index in [0.717, 1.165) is 48.4 Å². The fourth-order valence-corrected chi connectivity index (χ4v) is 2.91. The SMILES string of the molecule is CCn1nc(C)cc1-c1nc2c([nH]1)CC(C)C(C)C2. The first-order valence-electron chi connectivity index (χ1n) is 7.21. The van der Waals surface area contributed by atoms with Crippen LogP contribution < -0.4 is 0 Å². The highest BCUT2D eigenvalue weighted by atomic mass is 15.3. The molecule has 0 spiro atoms. The zero-order chi connectivity index (χ0) is 13.6. The van der Waals surface area contributed by atoms with Crippen LogP contribution >= 0.6 is 0 Å². The molecule has 1 aliphatic carbocycles. The Morgan fingerprint density at radius 1 is 1.32 bits per heavy atom. The van der Waals surface area contributed by atoms with Gasteiger partial charge in [-0.1, -0.05) is 13.8 Å². The van der Waals surface area contributed by atoms with Gasteiger partial charge in [0.15, 0.2) is 5.82 Å². The smallest absolute Gasteiger partial charge is 0.156 e. The lowest BCUT2D eigenvalue weighted by Crippen LogP contribution is -2.20. The van der Waals surface area contributed by atoms with Gasteiger partial charge in [-0.2, -0.15) is 5.10 Å². The van der Waals surface area contributed by atoms with Gasteiger partial charge in [-0.25, -0.2) is 4.98 Å². The monoisotopic (exact) mass is 258 g/mol. The first-order valence-corrected chi connectivity index (χ1v) is 7.21. The van der Waals surface area contributed by atoms with E-state index in [2.05, 4.69) is 36.9 Å². The zero-order valence-corrected chi connectivity index (χ0v) is 12.2. The van der Waals surface area contributed by atoms with Crippen molar-refractivity contribution in [2.45, 2.75) is 47.1 Å². The number of nitrogens with zero attached hydrogens (tertiary/aromatic N) is 3. The lowest BCUT2D eigenvalue weighted by atomic mass is 9.82. The zero-order valence-electron chi connectivity index (χ0n) is 12.2. The Morgan fingerprint density at radius 3 is 2.79 bits per heavy atom. The minimum atomic E-state index is 0.724. The Kier molecular flexibility index (Phi) is 2.96. The van der Waals surface area contributed by atoms with Crippen molar-refractivity contribution in [1.82, 2.24) is 19.7 Å². The molecule has 2 atom stereocenters. The normalized spacial score (nSPS) is 22.5. The molecule has 0 aliphatic heterocycles. The topological polar surface area (TPSA) is 46.5 Å². The first-order chi connectivity index (χ1) is 9.08. The summed E-state index contributed by atoms with van der Waals surface area (Å²) >= 11 is 0. The Morgan fingerprint density at radius 2 is 2.05 bits per heavy atom. The Hall–Kier alpha value is -1.58. The third kappa shape index (κ3) is 2.09. The van der Waals surface area contributed by atoms with Crippen molar-refractivity contribution in [2.24, 2.45) is 11.8 Å². The highest BCUT2D eigenvalue weighted by Crippen LogP contribution is 2.30. The number of hydrogen-bond acceptors (Lipinski definition) is 2. The highest BCUT2D eigenvalue weighted by molar-refractivity contribution is 5.52. The van der Waals surface area contributed by atoms with Gasteiger partial charge in [0.2, 0.25) is 0 Å². The van der Waals surface area contributed by atoms with Crippen LogP contribution in [0.5, 0.6) is 0 Å². The Bertz CT molecular complexity index is 566. The van der Waals surface area contributed by atoms with Crippen molar-refractivity contribution < 1.29 is 0 Å². The van der Waals surface area contributed by atoms with Crippen LogP contribution in [0.15, 0.2) is 6.07 Å². The van der Waals surface area contributed by atoms with Crippen molar-refractivity contribution >= 4 is 0 Å². The van der Waals surface area contributed by atoms with E-state index in [1.165, 1.54) is 11.4 Å². The summed E-state index contributed by atoms with van der Waals surface area (Å²) in [5.41, 5.74) is 4.73. The van der Waals surface area contributed by atoms with Gasteiger partial charge in [0.25, 0.3) is 0 Å². The second kappa shape index (κ2) is 4.51. The van der Waals surface area contributed by atoms with Gasteiger partial charge in [-0.05, 0) is 44.6 Å². The van der Waals surface area contributed by atoms with Crippen LogP contribution in [0.3, 0.4) is 0 Å². The average Bonchev–Trinajstić information content (AvgIpc) is 2.93. The molecule has 19 heavy (non-hydrogen) atoms. The van der Waals surface area contributed by atoms with Crippen molar-refractivity contribution in [2.75, 3.05) is 0 Å². The van der Waals surface area contributed by atoms with Crippen LogP contribution in [0.25, 0.3) is 11.5 Å². The molecule has 0 saturated heterocycles. The molecule has 2 heterocycles. The van der Waals surface area contributed by atoms with Gasteiger partial charge in [0, 0.05) is 12.2 Å². The van der Waals surface area contributed by atoms with Crippen molar-refractivity contribution in [3.05, 3.63) is 23.1 Å². The highest BCUT2D eigenvalue weighted by Gasteiger charge is 2.25. The molecular formula is C15H22N4. The van der Waals surface area contributed by atoms with Crippen molar-refractivity contribution in [1.29, 1.82) is 0 Å². The quantitative estimate of drug-likeness (QED) is 0.900. The van der Waals surface area contributed by atoms with Crippen LogP contribution in [0, 0.1) is 18.8 Å². The molecule has 3 rings (SSSR count). The summed E-state index contributed by atoms with van der Waals surface area (Å²) in [5.74, 6) is 2.44. The van der Waals surface area contributed by atoms with E-state index in [4.69, 9.17) is 4.98 Å². The summed E-state index contributed by atoms with van der Waals surface area (Å²) in [6, 6.07) is 2.11. The summed E-state index contributed by atoms with van der Waals surface area (Å²) in [4.78, 5) is 8.33. The lowest BCUT2D eigenvalue weighted by molar-refractivity contribution is 0.355. The number of imidazole rings is 1. The maximum Gasteiger partial charge on any atom is 0.156 e. The molecule has 1 aliphatic rings. The number of nitrogens with one attached hydrogen (secondary N) is 1.